The Morgan fingerprint density at radius 1 is 1.41 bits per heavy atom. The normalized spacial score (nSPS) is 11.3. The van der Waals surface area contributed by atoms with Crippen molar-refractivity contribution >= 4 is 11.6 Å². The highest BCUT2D eigenvalue weighted by Crippen LogP contribution is 2.13. The quantitative estimate of drug-likeness (QED) is 0.768. The van der Waals surface area contributed by atoms with Gasteiger partial charge < -0.3 is 15.7 Å². The lowest BCUT2D eigenvalue weighted by molar-refractivity contribution is -0.131. The third kappa shape index (κ3) is 4.44. The zero-order valence-corrected chi connectivity index (χ0v) is 10.6. The maximum absolute atomic E-state index is 11.9. The summed E-state index contributed by atoms with van der Waals surface area (Å²) in [7, 11) is 1.68. The first-order valence-electron chi connectivity index (χ1n) is 5.59. The second-order valence-electron chi connectivity index (χ2n) is 4.94. The van der Waals surface area contributed by atoms with Crippen molar-refractivity contribution in [1.29, 1.82) is 0 Å². The van der Waals surface area contributed by atoms with Crippen molar-refractivity contribution in [2.45, 2.75) is 25.9 Å². The molecule has 0 radical (unpaired) electrons. The molecule has 1 rings (SSSR count). The summed E-state index contributed by atoms with van der Waals surface area (Å²) in [5, 5.41) is 9.64. The summed E-state index contributed by atoms with van der Waals surface area (Å²) in [6, 6.07) is 7.31. The number of likely N-dealkylation sites (N-methyl/N-ethyl adjacent to an activating group) is 1. The summed E-state index contributed by atoms with van der Waals surface area (Å²) < 4.78 is 0. The van der Waals surface area contributed by atoms with Crippen molar-refractivity contribution in [2.24, 2.45) is 0 Å². The first kappa shape index (κ1) is 13.5. The Morgan fingerprint density at radius 3 is 2.53 bits per heavy atom. The van der Waals surface area contributed by atoms with Gasteiger partial charge in [0.15, 0.2) is 0 Å². The Balaban J connectivity index is 2.64. The van der Waals surface area contributed by atoms with Crippen molar-refractivity contribution in [3.63, 3.8) is 0 Å². The molecule has 1 aromatic rings. The minimum Gasteiger partial charge on any atom is -0.398 e. The highest BCUT2D eigenvalue weighted by Gasteiger charge is 2.19. The lowest BCUT2D eigenvalue weighted by atomic mass is 10.1. The number of rotatable bonds is 4. The van der Waals surface area contributed by atoms with Gasteiger partial charge in [0.25, 0.3) is 0 Å². The molecule has 0 saturated heterocycles. The van der Waals surface area contributed by atoms with Gasteiger partial charge in [0.2, 0.25) is 5.91 Å². The van der Waals surface area contributed by atoms with Crippen LogP contribution in [0.1, 0.15) is 19.4 Å². The number of para-hydroxylation sites is 1. The molecule has 4 heteroatoms. The largest absolute Gasteiger partial charge is 0.398 e. The van der Waals surface area contributed by atoms with Crippen LogP contribution in [0, 0.1) is 0 Å². The van der Waals surface area contributed by atoms with E-state index in [1.54, 1.807) is 27.0 Å². The molecule has 0 saturated carbocycles. The molecule has 0 heterocycles. The van der Waals surface area contributed by atoms with E-state index in [2.05, 4.69) is 0 Å². The molecule has 0 aliphatic carbocycles. The van der Waals surface area contributed by atoms with Crippen LogP contribution in [0.4, 0.5) is 5.69 Å². The van der Waals surface area contributed by atoms with Crippen molar-refractivity contribution in [3.8, 4) is 0 Å². The molecule has 0 bridgehead atoms. The number of nitrogen functional groups attached to an aromatic ring is 1. The molecule has 0 aromatic heterocycles. The molecular formula is C13H20N2O2. The number of hydrogen-bond donors (Lipinski definition) is 2. The standard InChI is InChI=1S/C13H20N2O2/c1-13(2,17)9-15(3)12(16)8-10-6-4-5-7-11(10)14/h4-7,17H,8-9,14H2,1-3H3. The summed E-state index contributed by atoms with van der Waals surface area (Å²) in [5.41, 5.74) is 6.34. The van der Waals surface area contributed by atoms with E-state index >= 15 is 0 Å². The fraction of sp³-hybridized carbons (Fsp3) is 0.462. The number of carbonyl (C=O) groups is 1. The van der Waals surface area contributed by atoms with Gasteiger partial charge in [-0.2, -0.15) is 0 Å². The van der Waals surface area contributed by atoms with Gasteiger partial charge in [0.05, 0.1) is 12.0 Å². The van der Waals surface area contributed by atoms with E-state index in [-0.39, 0.29) is 12.3 Å². The zero-order chi connectivity index (χ0) is 13.1. The molecule has 1 aromatic carbocycles. The van der Waals surface area contributed by atoms with Crippen molar-refractivity contribution in [2.75, 3.05) is 19.3 Å². The number of aliphatic hydroxyl groups is 1. The summed E-state index contributed by atoms with van der Waals surface area (Å²) in [5.74, 6) is -0.0509. The first-order valence-corrected chi connectivity index (χ1v) is 5.59. The van der Waals surface area contributed by atoms with Gasteiger partial charge >= 0.3 is 0 Å². The Kier molecular flexibility index (Phi) is 4.12. The Labute approximate surface area is 102 Å². The molecule has 0 aliphatic rings. The smallest absolute Gasteiger partial charge is 0.226 e. The number of carbonyl (C=O) groups excluding carboxylic acids is 1. The fourth-order valence-electron chi connectivity index (χ4n) is 1.66. The molecule has 1 amide bonds. The lowest BCUT2D eigenvalue weighted by Crippen LogP contribution is -2.40. The second kappa shape index (κ2) is 5.19. The maximum Gasteiger partial charge on any atom is 0.226 e. The van der Waals surface area contributed by atoms with Crippen LogP contribution in [0.3, 0.4) is 0 Å². The minimum absolute atomic E-state index is 0.0509. The van der Waals surface area contributed by atoms with Crippen LogP contribution in [0.5, 0.6) is 0 Å². The predicted molar refractivity (Wildman–Crippen MR) is 68.5 cm³/mol. The number of nitrogens with two attached hydrogens (primary N) is 1. The molecule has 3 N–H and O–H groups in total. The van der Waals surface area contributed by atoms with Gasteiger partial charge in [0.1, 0.15) is 0 Å². The van der Waals surface area contributed by atoms with E-state index < -0.39 is 5.60 Å². The molecule has 0 unspecified atom stereocenters. The fourth-order valence-corrected chi connectivity index (χ4v) is 1.66. The van der Waals surface area contributed by atoms with E-state index in [1.807, 2.05) is 18.2 Å². The minimum atomic E-state index is -0.882. The Morgan fingerprint density at radius 2 is 2.00 bits per heavy atom. The summed E-state index contributed by atoms with van der Waals surface area (Å²) in [4.78, 5) is 13.4. The molecule has 0 spiro atoms. The Bertz CT molecular complexity index is 397. The lowest BCUT2D eigenvalue weighted by Gasteiger charge is -2.25. The number of nitrogens with zero attached hydrogens (tertiary/aromatic N) is 1. The van der Waals surface area contributed by atoms with Crippen LogP contribution in [0.25, 0.3) is 0 Å². The molecule has 0 fully saturated rings. The van der Waals surface area contributed by atoms with Gasteiger partial charge in [-0.15, -0.1) is 0 Å². The molecule has 94 valence electrons. The monoisotopic (exact) mass is 236 g/mol. The number of hydrogen-bond acceptors (Lipinski definition) is 3. The molecule has 0 aliphatic heterocycles. The van der Waals surface area contributed by atoms with E-state index in [0.717, 1.165) is 5.56 Å². The van der Waals surface area contributed by atoms with E-state index in [4.69, 9.17) is 5.73 Å². The van der Waals surface area contributed by atoms with E-state index in [9.17, 15) is 9.90 Å². The first-order chi connectivity index (χ1) is 7.79. The highest BCUT2D eigenvalue weighted by molar-refractivity contribution is 5.80. The summed E-state index contributed by atoms with van der Waals surface area (Å²) in [6.45, 7) is 3.65. The number of amides is 1. The molecular weight excluding hydrogens is 216 g/mol. The van der Waals surface area contributed by atoms with E-state index in [1.165, 1.54) is 4.90 Å². The Hall–Kier alpha value is -1.55. The second-order valence-corrected chi connectivity index (χ2v) is 4.94. The van der Waals surface area contributed by atoms with Crippen molar-refractivity contribution in [3.05, 3.63) is 29.8 Å². The van der Waals surface area contributed by atoms with Crippen LogP contribution in [0.15, 0.2) is 24.3 Å². The molecule has 4 nitrogen and oxygen atoms in total. The topological polar surface area (TPSA) is 66.6 Å². The molecule has 0 atom stereocenters. The summed E-state index contributed by atoms with van der Waals surface area (Å²) >= 11 is 0. The third-order valence-electron chi connectivity index (χ3n) is 2.45. The van der Waals surface area contributed by atoms with Crippen LogP contribution < -0.4 is 5.73 Å². The van der Waals surface area contributed by atoms with Crippen LogP contribution in [0.2, 0.25) is 0 Å². The SMILES string of the molecule is CN(CC(C)(C)O)C(=O)Cc1ccccc1N. The number of benzene rings is 1. The van der Waals surface area contributed by atoms with Gasteiger partial charge in [-0.1, -0.05) is 18.2 Å². The van der Waals surface area contributed by atoms with Gasteiger partial charge in [-0.3, -0.25) is 4.79 Å². The average molecular weight is 236 g/mol. The zero-order valence-electron chi connectivity index (χ0n) is 10.6. The van der Waals surface area contributed by atoms with Crippen LogP contribution in [-0.2, 0) is 11.2 Å². The van der Waals surface area contributed by atoms with Crippen molar-refractivity contribution in [1.82, 2.24) is 4.90 Å². The summed E-state index contributed by atoms with van der Waals surface area (Å²) in [6.07, 6.45) is 0.263. The van der Waals surface area contributed by atoms with Gasteiger partial charge in [-0.05, 0) is 25.5 Å². The average Bonchev–Trinajstić information content (AvgIpc) is 2.18. The maximum atomic E-state index is 11.9. The highest BCUT2D eigenvalue weighted by atomic mass is 16.3. The predicted octanol–water partition coefficient (Wildman–Crippen LogP) is 1.04. The number of anilines is 1. The third-order valence-corrected chi connectivity index (χ3v) is 2.45. The van der Waals surface area contributed by atoms with Gasteiger partial charge in [0, 0.05) is 19.3 Å². The van der Waals surface area contributed by atoms with Crippen LogP contribution >= 0.6 is 0 Å². The molecule has 17 heavy (non-hydrogen) atoms. The van der Waals surface area contributed by atoms with Crippen LogP contribution in [-0.4, -0.2) is 35.1 Å². The van der Waals surface area contributed by atoms with Crippen molar-refractivity contribution < 1.29 is 9.90 Å². The van der Waals surface area contributed by atoms with E-state index in [0.29, 0.717) is 12.2 Å². The van der Waals surface area contributed by atoms with Gasteiger partial charge in [-0.25, -0.2) is 0 Å².